The summed E-state index contributed by atoms with van der Waals surface area (Å²) in [5, 5.41) is 3.37. The van der Waals surface area contributed by atoms with Crippen molar-refractivity contribution in [2.45, 2.75) is 11.8 Å². The molecule has 0 fully saturated rings. The first-order valence-electron chi connectivity index (χ1n) is 8.89. The maximum atomic E-state index is 13.6. The number of rotatable bonds is 5. The molecule has 6 nitrogen and oxygen atoms in total. The van der Waals surface area contributed by atoms with Gasteiger partial charge in [-0.05, 0) is 67.1 Å². The molecule has 0 aliphatic rings. The van der Waals surface area contributed by atoms with E-state index in [2.05, 4.69) is 20.0 Å². The predicted octanol–water partition coefficient (Wildman–Crippen LogP) is 5.28. The van der Waals surface area contributed by atoms with Gasteiger partial charge < -0.3 is 5.32 Å². The zero-order valence-electron chi connectivity index (χ0n) is 15.7. The van der Waals surface area contributed by atoms with Gasteiger partial charge in [0.15, 0.2) is 11.6 Å². The maximum Gasteiger partial charge on any atom is 0.263 e. The van der Waals surface area contributed by atoms with Crippen molar-refractivity contribution in [2.75, 3.05) is 10.0 Å². The van der Waals surface area contributed by atoms with Crippen molar-refractivity contribution in [1.82, 2.24) is 9.97 Å². The summed E-state index contributed by atoms with van der Waals surface area (Å²) in [5.41, 5.74) is 2.47. The van der Waals surface area contributed by atoms with E-state index in [9.17, 15) is 12.8 Å². The number of aryl methyl sites for hydroxylation is 1. The molecule has 0 saturated carbocycles. The summed E-state index contributed by atoms with van der Waals surface area (Å²) in [6, 6.07) is 17.0. The van der Waals surface area contributed by atoms with E-state index in [1.54, 1.807) is 12.1 Å². The highest BCUT2D eigenvalue weighted by molar-refractivity contribution is 7.92. The topological polar surface area (TPSA) is 84.0 Å². The van der Waals surface area contributed by atoms with Crippen LogP contribution >= 0.6 is 11.6 Å². The van der Waals surface area contributed by atoms with E-state index in [0.717, 1.165) is 5.56 Å². The van der Waals surface area contributed by atoms with Crippen LogP contribution in [-0.4, -0.2) is 18.4 Å². The number of fused-ring (bicyclic) bond motifs is 1. The van der Waals surface area contributed by atoms with Gasteiger partial charge in [0.1, 0.15) is 5.82 Å². The van der Waals surface area contributed by atoms with Crippen LogP contribution in [0.5, 0.6) is 0 Å². The zero-order valence-corrected chi connectivity index (χ0v) is 17.3. The predicted molar refractivity (Wildman–Crippen MR) is 116 cm³/mol. The van der Waals surface area contributed by atoms with Crippen molar-refractivity contribution in [3.05, 3.63) is 83.1 Å². The second-order valence-corrected chi connectivity index (χ2v) is 8.73. The molecular weight excluding hydrogens is 427 g/mol. The maximum absolute atomic E-state index is 13.6. The van der Waals surface area contributed by atoms with Crippen molar-refractivity contribution < 1.29 is 12.8 Å². The van der Waals surface area contributed by atoms with E-state index in [1.165, 1.54) is 42.5 Å². The highest BCUT2D eigenvalue weighted by Gasteiger charge is 2.19. The summed E-state index contributed by atoms with van der Waals surface area (Å²) >= 11 is 5.85. The lowest BCUT2D eigenvalue weighted by atomic mass is 10.2. The van der Waals surface area contributed by atoms with E-state index < -0.39 is 15.8 Å². The van der Waals surface area contributed by atoms with Crippen LogP contribution in [0.4, 0.5) is 21.7 Å². The van der Waals surface area contributed by atoms with Crippen LogP contribution in [0, 0.1) is 12.7 Å². The van der Waals surface area contributed by atoms with Crippen LogP contribution in [0.25, 0.3) is 11.0 Å². The van der Waals surface area contributed by atoms with E-state index in [4.69, 9.17) is 11.6 Å². The lowest BCUT2D eigenvalue weighted by molar-refractivity contribution is 0.601. The van der Waals surface area contributed by atoms with Crippen LogP contribution in [0.3, 0.4) is 0 Å². The number of anilines is 3. The number of nitrogens with one attached hydrogen (secondary N) is 2. The molecule has 3 aromatic carbocycles. The number of nitrogens with zero attached hydrogens (tertiary/aromatic N) is 2. The fourth-order valence-electron chi connectivity index (χ4n) is 2.83. The van der Waals surface area contributed by atoms with Crippen LogP contribution in [-0.2, 0) is 10.0 Å². The number of halogens is 2. The Kier molecular flexibility index (Phi) is 5.27. The molecule has 0 bridgehead atoms. The molecule has 4 rings (SSSR count). The molecule has 1 heterocycles. The minimum Gasteiger partial charge on any atom is -0.337 e. The third-order valence-electron chi connectivity index (χ3n) is 4.26. The van der Waals surface area contributed by atoms with Gasteiger partial charge in [0.2, 0.25) is 0 Å². The number of sulfonamides is 1. The van der Waals surface area contributed by atoms with Gasteiger partial charge in [-0.3, -0.25) is 4.72 Å². The standard InChI is InChI=1S/C21H16ClFN4O2S/c1-13-5-10-18-19(11-13)26-20(24-16-4-2-3-15(23)12-16)21(25-18)27-30(28,29)17-8-6-14(22)7-9-17/h2-12H,1H3,(H,24,26)(H,25,27). The first kappa shape index (κ1) is 20.1. The van der Waals surface area contributed by atoms with Crippen LogP contribution in [0.2, 0.25) is 5.02 Å². The molecule has 0 saturated heterocycles. The third kappa shape index (κ3) is 4.34. The first-order chi connectivity index (χ1) is 14.3. The van der Waals surface area contributed by atoms with Crippen LogP contribution < -0.4 is 10.0 Å². The van der Waals surface area contributed by atoms with Crippen LogP contribution in [0.15, 0.2) is 71.6 Å². The lowest BCUT2D eigenvalue weighted by Gasteiger charge is -2.14. The number of hydrogen-bond donors (Lipinski definition) is 2. The van der Waals surface area contributed by atoms with Crippen LogP contribution in [0.1, 0.15) is 5.56 Å². The molecule has 152 valence electrons. The van der Waals surface area contributed by atoms with Gasteiger partial charge in [-0.15, -0.1) is 0 Å². The van der Waals surface area contributed by atoms with Gasteiger partial charge >= 0.3 is 0 Å². The van der Waals surface area contributed by atoms with E-state index in [1.807, 2.05) is 19.1 Å². The molecular formula is C21H16ClFN4O2S. The van der Waals surface area contributed by atoms with Gasteiger partial charge in [-0.25, -0.2) is 22.8 Å². The van der Waals surface area contributed by atoms with Crippen molar-refractivity contribution >= 4 is 50.0 Å². The molecule has 0 aliphatic heterocycles. The Hall–Kier alpha value is -3.23. The number of benzene rings is 3. The smallest absolute Gasteiger partial charge is 0.263 e. The third-order valence-corrected chi connectivity index (χ3v) is 5.87. The van der Waals surface area contributed by atoms with Gasteiger partial charge in [-0.2, -0.15) is 0 Å². The Balaban J connectivity index is 1.80. The highest BCUT2D eigenvalue weighted by Crippen LogP contribution is 2.28. The second kappa shape index (κ2) is 7.89. The Bertz CT molecular complexity index is 1350. The highest BCUT2D eigenvalue weighted by atomic mass is 35.5. The fourth-order valence-corrected chi connectivity index (χ4v) is 3.96. The molecule has 30 heavy (non-hydrogen) atoms. The molecule has 2 N–H and O–H groups in total. The summed E-state index contributed by atoms with van der Waals surface area (Å²) in [6.07, 6.45) is 0. The molecule has 0 aliphatic carbocycles. The molecule has 0 spiro atoms. The number of aromatic nitrogens is 2. The van der Waals surface area contributed by atoms with Gasteiger partial charge in [0.05, 0.1) is 15.9 Å². The molecule has 1 aromatic heterocycles. The summed E-state index contributed by atoms with van der Waals surface area (Å²) in [6.45, 7) is 1.91. The first-order valence-corrected chi connectivity index (χ1v) is 10.8. The minimum absolute atomic E-state index is 0.00874. The molecule has 0 atom stereocenters. The summed E-state index contributed by atoms with van der Waals surface area (Å²) in [5.74, 6) is -0.297. The van der Waals surface area contributed by atoms with Gasteiger partial charge in [0, 0.05) is 10.7 Å². The van der Waals surface area contributed by atoms with Crippen molar-refractivity contribution in [2.24, 2.45) is 0 Å². The average Bonchev–Trinajstić information content (AvgIpc) is 2.69. The summed E-state index contributed by atoms with van der Waals surface area (Å²) < 4.78 is 41.8. The Morgan fingerprint density at radius 2 is 1.63 bits per heavy atom. The van der Waals surface area contributed by atoms with Crippen molar-refractivity contribution in [3.8, 4) is 0 Å². The van der Waals surface area contributed by atoms with Crippen molar-refractivity contribution in [3.63, 3.8) is 0 Å². The fraction of sp³-hybridized carbons (Fsp3) is 0.0476. The largest absolute Gasteiger partial charge is 0.337 e. The molecule has 0 radical (unpaired) electrons. The monoisotopic (exact) mass is 442 g/mol. The molecule has 9 heteroatoms. The summed E-state index contributed by atoms with van der Waals surface area (Å²) in [4.78, 5) is 8.96. The second-order valence-electron chi connectivity index (χ2n) is 6.61. The van der Waals surface area contributed by atoms with E-state index in [-0.39, 0.29) is 16.5 Å². The normalized spacial score (nSPS) is 11.4. The molecule has 4 aromatic rings. The zero-order chi connectivity index (χ0) is 21.3. The SMILES string of the molecule is Cc1ccc2nc(NS(=O)(=O)c3ccc(Cl)cc3)c(Nc3cccc(F)c3)nc2c1. The Morgan fingerprint density at radius 3 is 2.37 bits per heavy atom. The van der Waals surface area contributed by atoms with Gasteiger partial charge in [-0.1, -0.05) is 23.7 Å². The minimum atomic E-state index is -3.96. The Labute approximate surface area is 177 Å². The Morgan fingerprint density at radius 1 is 0.900 bits per heavy atom. The van der Waals surface area contributed by atoms with Crippen molar-refractivity contribution in [1.29, 1.82) is 0 Å². The molecule has 0 amide bonds. The number of hydrogen-bond acceptors (Lipinski definition) is 5. The summed E-state index contributed by atoms with van der Waals surface area (Å²) in [7, 11) is -3.96. The van der Waals surface area contributed by atoms with E-state index in [0.29, 0.717) is 21.7 Å². The quantitative estimate of drug-likeness (QED) is 0.439. The van der Waals surface area contributed by atoms with Gasteiger partial charge in [0.25, 0.3) is 10.0 Å². The molecule has 0 unspecified atom stereocenters. The lowest BCUT2D eigenvalue weighted by Crippen LogP contribution is -2.16. The average molecular weight is 443 g/mol. The van der Waals surface area contributed by atoms with E-state index >= 15 is 0 Å².